The highest BCUT2D eigenvalue weighted by Crippen LogP contribution is 2.25. The number of aryl methyl sites for hydroxylation is 3. The molecule has 1 aromatic carbocycles. The minimum atomic E-state index is -3.65. The number of hydrogen-bond donors (Lipinski definition) is 0. The lowest BCUT2D eigenvalue weighted by Gasteiger charge is -2.12. The van der Waals surface area contributed by atoms with E-state index in [1.165, 1.54) is 6.20 Å². The molecule has 1 heterocycles. The number of nitrogens with zero attached hydrogens (tertiary/aromatic N) is 2. The van der Waals surface area contributed by atoms with Gasteiger partial charge < -0.3 is 0 Å². The van der Waals surface area contributed by atoms with Crippen LogP contribution in [-0.4, -0.2) is 17.6 Å². The first-order valence-corrected chi connectivity index (χ1v) is 7.60. The van der Waals surface area contributed by atoms with Crippen LogP contribution in [0.15, 0.2) is 33.9 Å². The number of hydrogen-bond acceptors (Lipinski definition) is 3. The smallest absolute Gasteiger partial charge is 0.199 e. The Balaban J connectivity index is 2.74. The van der Waals surface area contributed by atoms with Gasteiger partial charge in [-0.25, -0.2) is 0 Å². The second-order valence-corrected chi connectivity index (χ2v) is 6.75. The van der Waals surface area contributed by atoms with E-state index < -0.39 is 10.0 Å². The Labute approximate surface area is 115 Å². The predicted octanol–water partition coefficient (Wildman–Crippen LogP) is 2.81. The molecule has 18 heavy (non-hydrogen) atoms. The van der Waals surface area contributed by atoms with Crippen molar-refractivity contribution in [2.24, 2.45) is 0 Å². The summed E-state index contributed by atoms with van der Waals surface area (Å²) in [6.45, 7) is 5.54. The topological polar surface area (TPSA) is 52.0 Å². The fraction of sp³-hybridized carbons (Fsp3) is 0.250. The Morgan fingerprint density at radius 1 is 1.17 bits per heavy atom. The molecule has 0 aliphatic rings. The summed E-state index contributed by atoms with van der Waals surface area (Å²) in [5.41, 5.74) is 2.51. The van der Waals surface area contributed by atoms with Crippen molar-refractivity contribution >= 4 is 26.0 Å². The zero-order chi connectivity index (χ0) is 13.5. The first-order valence-electron chi connectivity index (χ1n) is 5.37. The Hall–Kier alpha value is -1.14. The van der Waals surface area contributed by atoms with Gasteiger partial charge in [0.15, 0.2) is 0 Å². The van der Waals surface area contributed by atoms with Gasteiger partial charge in [-0.3, -0.25) is 0 Å². The van der Waals surface area contributed by atoms with Gasteiger partial charge in [-0.2, -0.15) is 13.5 Å². The van der Waals surface area contributed by atoms with Crippen LogP contribution in [-0.2, 0) is 10.0 Å². The second-order valence-electron chi connectivity index (χ2n) is 4.23. The van der Waals surface area contributed by atoms with Crippen LogP contribution >= 0.6 is 15.9 Å². The maximum absolute atomic E-state index is 12.5. The molecule has 0 spiro atoms. The number of rotatable bonds is 2. The average Bonchev–Trinajstić information content (AvgIpc) is 2.62. The summed E-state index contributed by atoms with van der Waals surface area (Å²) >= 11 is 3.18. The number of benzene rings is 1. The molecule has 2 rings (SSSR count). The summed E-state index contributed by atoms with van der Waals surface area (Å²) in [5, 5.41) is 3.85. The highest BCUT2D eigenvalue weighted by Gasteiger charge is 2.24. The monoisotopic (exact) mass is 328 g/mol. The van der Waals surface area contributed by atoms with Crippen LogP contribution in [0.3, 0.4) is 0 Å². The normalized spacial score (nSPS) is 11.8. The molecule has 2 aromatic rings. The Bertz CT molecular complexity index is 682. The van der Waals surface area contributed by atoms with Crippen LogP contribution in [0.25, 0.3) is 0 Å². The van der Waals surface area contributed by atoms with E-state index >= 15 is 0 Å². The zero-order valence-electron chi connectivity index (χ0n) is 10.3. The number of aromatic nitrogens is 2. The highest BCUT2D eigenvalue weighted by molar-refractivity contribution is 9.10. The fourth-order valence-electron chi connectivity index (χ4n) is 2.11. The molecule has 0 saturated heterocycles. The second kappa shape index (κ2) is 4.51. The van der Waals surface area contributed by atoms with E-state index in [-0.39, 0.29) is 0 Å². The van der Waals surface area contributed by atoms with Gasteiger partial charge >= 0.3 is 0 Å². The molecule has 4 nitrogen and oxygen atoms in total. The lowest BCUT2D eigenvalue weighted by atomic mass is 10.1. The third-order valence-electron chi connectivity index (χ3n) is 2.66. The van der Waals surface area contributed by atoms with E-state index in [9.17, 15) is 8.42 Å². The van der Waals surface area contributed by atoms with E-state index in [0.717, 1.165) is 20.8 Å². The van der Waals surface area contributed by atoms with E-state index in [0.29, 0.717) is 9.50 Å². The third kappa shape index (κ3) is 2.10. The molecule has 0 saturated carbocycles. The zero-order valence-corrected chi connectivity index (χ0v) is 12.7. The SMILES string of the molecule is Cc1cc(C)c(S(=O)(=O)n2nccc2Br)c(C)c1. The molecule has 0 aliphatic carbocycles. The van der Waals surface area contributed by atoms with Crippen LogP contribution in [0, 0.1) is 20.8 Å². The quantitative estimate of drug-likeness (QED) is 0.851. The van der Waals surface area contributed by atoms with E-state index in [4.69, 9.17) is 0 Å². The van der Waals surface area contributed by atoms with Crippen molar-refractivity contribution in [3.8, 4) is 0 Å². The van der Waals surface area contributed by atoms with Crippen LogP contribution < -0.4 is 0 Å². The largest absolute Gasteiger partial charge is 0.284 e. The van der Waals surface area contributed by atoms with Crippen molar-refractivity contribution in [3.63, 3.8) is 0 Å². The summed E-state index contributed by atoms with van der Waals surface area (Å²) in [6.07, 6.45) is 1.44. The van der Waals surface area contributed by atoms with Gasteiger partial charge in [0.2, 0.25) is 0 Å². The summed E-state index contributed by atoms with van der Waals surface area (Å²) in [4.78, 5) is 0.317. The molecule has 0 unspecified atom stereocenters. The molecule has 0 N–H and O–H groups in total. The van der Waals surface area contributed by atoms with Gasteiger partial charge in [-0.15, -0.1) is 4.09 Å². The third-order valence-corrected chi connectivity index (χ3v) is 5.40. The van der Waals surface area contributed by atoms with Crippen molar-refractivity contribution < 1.29 is 8.42 Å². The van der Waals surface area contributed by atoms with Crippen LogP contribution in [0.5, 0.6) is 0 Å². The van der Waals surface area contributed by atoms with Gasteiger partial charge in [-0.1, -0.05) is 17.7 Å². The average molecular weight is 329 g/mol. The summed E-state index contributed by atoms with van der Waals surface area (Å²) < 4.78 is 26.5. The first kappa shape index (κ1) is 13.3. The molecule has 0 atom stereocenters. The van der Waals surface area contributed by atoms with Crippen molar-refractivity contribution in [2.45, 2.75) is 25.7 Å². The number of halogens is 1. The molecular formula is C12H13BrN2O2S. The van der Waals surface area contributed by atoms with Crippen LogP contribution in [0.2, 0.25) is 0 Å². The van der Waals surface area contributed by atoms with Gasteiger partial charge in [0.05, 0.1) is 11.1 Å². The van der Waals surface area contributed by atoms with E-state index in [1.54, 1.807) is 19.9 Å². The molecular weight excluding hydrogens is 316 g/mol. The predicted molar refractivity (Wildman–Crippen MR) is 73.2 cm³/mol. The molecule has 96 valence electrons. The minimum Gasteiger partial charge on any atom is -0.199 e. The first-order chi connectivity index (χ1) is 8.34. The van der Waals surface area contributed by atoms with Crippen molar-refractivity contribution in [1.82, 2.24) is 9.19 Å². The van der Waals surface area contributed by atoms with E-state index in [2.05, 4.69) is 21.0 Å². The molecule has 0 amide bonds. The lowest BCUT2D eigenvalue weighted by molar-refractivity contribution is 0.577. The van der Waals surface area contributed by atoms with Crippen molar-refractivity contribution in [1.29, 1.82) is 0 Å². The molecule has 6 heteroatoms. The molecule has 0 bridgehead atoms. The Morgan fingerprint density at radius 3 is 2.17 bits per heavy atom. The van der Waals surface area contributed by atoms with Gasteiger partial charge in [0.1, 0.15) is 4.60 Å². The maximum atomic E-state index is 12.5. The summed E-state index contributed by atoms with van der Waals surface area (Å²) in [7, 11) is -3.65. The van der Waals surface area contributed by atoms with Crippen molar-refractivity contribution in [3.05, 3.63) is 45.7 Å². The van der Waals surface area contributed by atoms with Crippen LogP contribution in [0.4, 0.5) is 0 Å². The summed E-state index contributed by atoms with van der Waals surface area (Å²) in [6, 6.07) is 5.31. The standard InChI is InChI=1S/C12H13BrN2O2S/c1-8-6-9(2)12(10(3)7-8)18(16,17)15-11(13)4-5-14-15/h4-7H,1-3H3. The molecule has 0 fully saturated rings. The van der Waals surface area contributed by atoms with Crippen LogP contribution in [0.1, 0.15) is 16.7 Å². The van der Waals surface area contributed by atoms with Crippen molar-refractivity contribution in [2.75, 3.05) is 0 Å². The summed E-state index contributed by atoms with van der Waals surface area (Å²) in [5.74, 6) is 0. The Morgan fingerprint density at radius 2 is 1.72 bits per heavy atom. The van der Waals surface area contributed by atoms with Gasteiger partial charge in [0, 0.05) is 0 Å². The van der Waals surface area contributed by atoms with Gasteiger partial charge in [0.25, 0.3) is 10.0 Å². The minimum absolute atomic E-state index is 0.317. The molecule has 1 aromatic heterocycles. The highest BCUT2D eigenvalue weighted by atomic mass is 79.9. The maximum Gasteiger partial charge on any atom is 0.284 e. The Kier molecular flexibility index (Phi) is 3.33. The molecule has 0 aliphatic heterocycles. The lowest BCUT2D eigenvalue weighted by Crippen LogP contribution is -2.17. The van der Waals surface area contributed by atoms with Gasteiger partial charge in [-0.05, 0) is 53.9 Å². The van der Waals surface area contributed by atoms with E-state index in [1.807, 2.05) is 19.1 Å². The molecule has 0 radical (unpaired) electrons. The fourth-order valence-corrected chi connectivity index (χ4v) is 4.47.